The Morgan fingerprint density at radius 2 is 1.48 bits per heavy atom. The van der Waals surface area contributed by atoms with Crippen LogP contribution < -0.4 is 4.74 Å². The fourth-order valence-electron chi connectivity index (χ4n) is 5.38. The van der Waals surface area contributed by atoms with Gasteiger partial charge in [0.05, 0.1) is 18.3 Å². The van der Waals surface area contributed by atoms with Crippen LogP contribution in [0.1, 0.15) is 53.8 Å². The number of rotatable bonds is 9. The van der Waals surface area contributed by atoms with Gasteiger partial charge in [0.1, 0.15) is 34.6 Å². The molecule has 0 N–H and O–H groups in total. The first kappa shape index (κ1) is 33.2. The highest BCUT2D eigenvalue weighted by atomic mass is 19.4. The smallest absolute Gasteiger partial charge is 0.419 e. The summed E-state index contributed by atoms with van der Waals surface area (Å²) in [6.45, 7) is 3.97. The summed E-state index contributed by atoms with van der Waals surface area (Å²) in [4.78, 5) is 12.7. The van der Waals surface area contributed by atoms with Crippen LogP contribution in [0.4, 0.5) is 30.7 Å². The Morgan fingerprint density at radius 1 is 0.804 bits per heavy atom. The van der Waals surface area contributed by atoms with E-state index in [4.69, 9.17) is 14.2 Å². The Hall–Kier alpha value is -4.22. The van der Waals surface area contributed by atoms with Crippen molar-refractivity contribution < 1.29 is 49.7 Å². The number of ether oxygens (including phenoxy) is 3. The highest BCUT2D eigenvalue weighted by molar-refractivity contribution is 5.92. The molecule has 0 radical (unpaired) electrons. The molecule has 11 heteroatoms. The number of carbonyl (C=O) groups is 1. The molecule has 5 rings (SSSR count). The van der Waals surface area contributed by atoms with E-state index in [9.17, 15) is 26.7 Å². The summed E-state index contributed by atoms with van der Waals surface area (Å²) in [5.41, 5.74) is -1.36. The monoisotopic (exact) mass is 646 g/mol. The van der Waals surface area contributed by atoms with Gasteiger partial charge in [0, 0.05) is 24.8 Å². The Balaban J connectivity index is 1.25. The highest BCUT2D eigenvalue weighted by Gasteiger charge is 2.34. The van der Waals surface area contributed by atoms with E-state index >= 15 is 8.78 Å². The second-order valence-corrected chi connectivity index (χ2v) is 10.9. The van der Waals surface area contributed by atoms with E-state index < -0.39 is 52.3 Å². The lowest BCUT2D eigenvalue weighted by atomic mass is 9.92. The molecule has 46 heavy (non-hydrogen) atoms. The molecule has 1 saturated heterocycles. The van der Waals surface area contributed by atoms with Crippen molar-refractivity contribution in [2.75, 3.05) is 19.8 Å². The van der Waals surface area contributed by atoms with Crippen LogP contribution in [0.3, 0.4) is 0 Å². The van der Waals surface area contributed by atoms with Crippen LogP contribution in [-0.2, 0) is 15.7 Å². The zero-order valence-electron chi connectivity index (χ0n) is 24.6. The summed E-state index contributed by atoms with van der Waals surface area (Å²) < 4.78 is 114. The fourth-order valence-corrected chi connectivity index (χ4v) is 5.38. The third-order valence-corrected chi connectivity index (χ3v) is 7.84. The number of alkyl halides is 3. The predicted octanol–water partition coefficient (Wildman–Crippen LogP) is 9.71. The zero-order chi connectivity index (χ0) is 33.0. The van der Waals surface area contributed by atoms with E-state index in [0.717, 1.165) is 55.2 Å². The van der Waals surface area contributed by atoms with Gasteiger partial charge in [0.15, 0.2) is 0 Å². The number of hydrogen-bond donors (Lipinski definition) is 0. The van der Waals surface area contributed by atoms with Crippen molar-refractivity contribution in [2.24, 2.45) is 5.92 Å². The maximum Gasteiger partial charge on any atom is 0.419 e. The van der Waals surface area contributed by atoms with Crippen molar-refractivity contribution in [2.45, 2.75) is 38.5 Å². The molecule has 1 aliphatic heterocycles. The highest BCUT2D eigenvalue weighted by Crippen LogP contribution is 2.36. The summed E-state index contributed by atoms with van der Waals surface area (Å²) in [5, 5.41) is 0. The van der Waals surface area contributed by atoms with Crippen LogP contribution in [0.2, 0.25) is 0 Å². The van der Waals surface area contributed by atoms with Gasteiger partial charge in [-0.2, -0.15) is 13.2 Å². The second-order valence-electron chi connectivity index (χ2n) is 10.9. The maximum absolute atomic E-state index is 15.0. The fraction of sp³-hybridized carbons (Fsp3) is 0.286. The van der Waals surface area contributed by atoms with Crippen LogP contribution in [0.15, 0.2) is 72.8 Å². The number of hydrogen-bond acceptors (Lipinski definition) is 4. The molecule has 0 bridgehead atoms. The van der Waals surface area contributed by atoms with Crippen molar-refractivity contribution in [3.8, 4) is 28.0 Å². The van der Waals surface area contributed by atoms with Gasteiger partial charge in [-0.25, -0.2) is 22.4 Å². The molecular formula is C35H29F7O4. The van der Waals surface area contributed by atoms with Gasteiger partial charge in [-0.1, -0.05) is 30.3 Å². The van der Waals surface area contributed by atoms with Crippen molar-refractivity contribution in [1.29, 1.82) is 0 Å². The van der Waals surface area contributed by atoms with Crippen molar-refractivity contribution >= 4 is 5.97 Å². The molecule has 0 saturated carbocycles. The average Bonchev–Trinajstić information content (AvgIpc) is 3.01. The summed E-state index contributed by atoms with van der Waals surface area (Å²) in [7, 11) is 0. The van der Waals surface area contributed by atoms with Gasteiger partial charge < -0.3 is 14.2 Å². The van der Waals surface area contributed by atoms with Crippen LogP contribution in [0.25, 0.3) is 22.3 Å². The Labute approximate surface area is 260 Å². The average molecular weight is 647 g/mol. The molecular weight excluding hydrogens is 617 g/mol. The van der Waals surface area contributed by atoms with Gasteiger partial charge in [-0.05, 0) is 90.8 Å². The first-order valence-electron chi connectivity index (χ1n) is 14.6. The quantitative estimate of drug-likeness (QED) is 0.0786. The number of esters is 1. The van der Waals surface area contributed by atoms with E-state index in [1.54, 1.807) is 12.1 Å². The molecule has 1 heterocycles. The molecule has 2 unspecified atom stereocenters. The van der Waals surface area contributed by atoms with Crippen LogP contribution in [-0.4, -0.2) is 25.8 Å². The third kappa shape index (κ3) is 7.59. The number of benzene rings is 4. The van der Waals surface area contributed by atoms with Gasteiger partial charge in [0.25, 0.3) is 0 Å². The summed E-state index contributed by atoms with van der Waals surface area (Å²) in [6.07, 6.45) is -2.22. The van der Waals surface area contributed by atoms with Gasteiger partial charge in [-0.15, -0.1) is 0 Å². The molecule has 2 atom stereocenters. The molecule has 4 aromatic rings. The number of carbonyl (C=O) groups excluding carboxylic acids is 1. The van der Waals surface area contributed by atoms with Gasteiger partial charge >= 0.3 is 12.1 Å². The lowest BCUT2D eigenvalue weighted by molar-refractivity contribution is -0.139. The van der Waals surface area contributed by atoms with Crippen molar-refractivity contribution in [3.05, 3.63) is 113 Å². The maximum atomic E-state index is 15.0. The Bertz CT molecular complexity index is 1670. The first-order valence-corrected chi connectivity index (χ1v) is 14.6. The molecule has 1 aliphatic rings. The summed E-state index contributed by atoms with van der Waals surface area (Å²) in [5.74, 6) is -6.48. The zero-order valence-corrected chi connectivity index (χ0v) is 24.6. The van der Waals surface area contributed by atoms with Gasteiger partial charge in [0.2, 0.25) is 0 Å². The minimum Gasteiger partial charge on any atom is -0.423 e. The van der Waals surface area contributed by atoms with E-state index in [1.807, 2.05) is 19.1 Å². The van der Waals surface area contributed by atoms with Crippen molar-refractivity contribution in [1.82, 2.24) is 0 Å². The largest absolute Gasteiger partial charge is 0.423 e. The van der Waals surface area contributed by atoms with E-state index in [1.165, 1.54) is 0 Å². The molecule has 4 nitrogen and oxygen atoms in total. The Morgan fingerprint density at radius 3 is 2.07 bits per heavy atom. The molecule has 0 aromatic heterocycles. The first-order chi connectivity index (χ1) is 21.9. The van der Waals surface area contributed by atoms with Crippen molar-refractivity contribution in [3.63, 3.8) is 0 Å². The van der Waals surface area contributed by atoms with Gasteiger partial charge in [-0.3, -0.25) is 0 Å². The SMILES string of the molecule is CCOCCC1CCC(c2ccc(-c3cc(F)c(C(=O)Oc4ccc(-c5ccc(C(F)(F)F)c(F)c5)c(F)c4)c(F)c3)cc2)OC1. The summed E-state index contributed by atoms with van der Waals surface area (Å²) in [6, 6.07) is 13.7. The molecule has 0 spiro atoms. The lowest BCUT2D eigenvalue weighted by Crippen LogP contribution is -2.22. The lowest BCUT2D eigenvalue weighted by Gasteiger charge is -2.29. The molecule has 242 valence electrons. The minimum absolute atomic E-state index is 0.0852. The van der Waals surface area contributed by atoms with Crippen LogP contribution in [0, 0.1) is 29.2 Å². The van der Waals surface area contributed by atoms with Crippen LogP contribution >= 0.6 is 0 Å². The molecule has 0 amide bonds. The minimum atomic E-state index is -4.93. The van der Waals surface area contributed by atoms with E-state index in [-0.39, 0.29) is 22.8 Å². The summed E-state index contributed by atoms with van der Waals surface area (Å²) >= 11 is 0. The number of halogens is 7. The normalized spacial score (nSPS) is 16.8. The van der Waals surface area contributed by atoms with E-state index in [2.05, 4.69) is 0 Å². The second kappa shape index (κ2) is 14.0. The molecule has 4 aromatic carbocycles. The third-order valence-electron chi connectivity index (χ3n) is 7.84. The van der Waals surface area contributed by atoms with Crippen LogP contribution in [0.5, 0.6) is 5.75 Å². The Kier molecular flexibility index (Phi) is 10.1. The van der Waals surface area contributed by atoms with E-state index in [0.29, 0.717) is 49.5 Å². The molecule has 1 fully saturated rings. The molecule has 0 aliphatic carbocycles. The topological polar surface area (TPSA) is 44.8 Å². The standard InChI is InChI=1S/C35H29F7O4/c1-2-44-14-13-20-3-12-32(45-19-20)22-6-4-21(5-7-22)24-16-30(38)33(31(39)17-24)34(43)46-25-9-10-26(28(36)18-25)23-8-11-27(29(37)15-23)35(40,41)42/h4-11,15-18,20,32H,2-3,12-14,19H2,1H3. The predicted molar refractivity (Wildman–Crippen MR) is 156 cm³/mol.